The summed E-state index contributed by atoms with van der Waals surface area (Å²) in [6.07, 6.45) is 0. The van der Waals surface area contributed by atoms with E-state index in [1.165, 1.54) is 13.3 Å². The number of imidazole rings is 1. The van der Waals surface area contributed by atoms with Gasteiger partial charge in [-0.1, -0.05) is 0 Å². The molecular formula is C12H9BrN2Se. The van der Waals surface area contributed by atoms with E-state index in [2.05, 4.69) is 62.9 Å². The summed E-state index contributed by atoms with van der Waals surface area (Å²) >= 11 is 3.91. The Hall–Kier alpha value is -0.831. The number of fused-ring (bicyclic) bond motifs is 1. The number of hydrogen-bond acceptors (Lipinski definition) is 1. The summed E-state index contributed by atoms with van der Waals surface area (Å²) in [4.78, 5) is 4.68. The van der Waals surface area contributed by atoms with Gasteiger partial charge in [0.1, 0.15) is 0 Å². The van der Waals surface area contributed by atoms with Crippen molar-refractivity contribution in [2.75, 3.05) is 0 Å². The normalized spacial score (nSPS) is 11.1. The third-order valence-corrected chi connectivity index (χ3v) is 5.51. The van der Waals surface area contributed by atoms with Gasteiger partial charge in [-0.15, -0.1) is 0 Å². The van der Waals surface area contributed by atoms with Crippen molar-refractivity contribution in [2.24, 2.45) is 7.05 Å². The molecule has 0 fully saturated rings. The van der Waals surface area contributed by atoms with E-state index in [0.717, 1.165) is 11.3 Å². The Labute approximate surface area is 108 Å². The van der Waals surface area contributed by atoms with Gasteiger partial charge in [0, 0.05) is 0 Å². The number of para-hydroxylation sites is 2. The van der Waals surface area contributed by atoms with Crippen LogP contribution in [0.25, 0.3) is 21.3 Å². The molecule has 1 aromatic carbocycles. The Morgan fingerprint density at radius 3 is 2.69 bits per heavy atom. The summed E-state index contributed by atoms with van der Waals surface area (Å²) in [5.41, 5.74) is 2.26. The van der Waals surface area contributed by atoms with Gasteiger partial charge < -0.3 is 0 Å². The summed E-state index contributed by atoms with van der Waals surface area (Å²) in [5.74, 6) is 1.09. The second-order valence-corrected chi connectivity index (χ2v) is 7.90. The number of aromatic nitrogens is 2. The van der Waals surface area contributed by atoms with E-state index in [0.29, 0.717) is 14.5 Å². The number of aryl methyl sites for hydroxylation is 1. The molecule has 0 amide bonds. The first-order valence-corrected chi connectivity index (χ1v) is 7.43. The second-order valence-electron chi connectivity index (χ2n) is 3.59. The minimum absolute atomic E-state index is 0.370. The van der Waals surface area contributed by atoms with Crippen LogP contribution in [0.1, 0.15) is 0 Å². The maximum absolute atomic E-state index is 4.68. The van der Waals surface area contributed by atoms with E-state index >= 15 is 0 Å². The fourth-order valence-electron chi connectivity index (χ4n) is 1.80. The molecule has 3 rings (SSSR count). The Morgan fingerprint density at radius 2 is 2.00 bits per heavy atom. The van der Waals surface area contributed by atoms with E-state index in [-0.39, 0.29) is 0 Å². The van der Waals surface area contributed by atoms with E-state index in [1.807, 2.05) is 6.07 Å². The number of benzene rings is 1. The molecule has 0 saturated heterocycles. The van der Waals surface area contributed by atoms with Crippen LogP contribution in [0.15, 0.2) is 39.7 Å². The number of nitrogens with zero attached hydrogens (tertiary/aromatic N) is 2. The van der Waals surface area contributed by atoms with Crippen LogP contribution in [-0.4, -0.2) is 24.1 Å². The van der Waals surface area contributed by atoms with E-state index in [9.17, 15) is 0 Å². The van der Waals surface area contributed by atoms with Gasteiger partial charge >= 0.3 is 108 Å². The fraction of sp³-hybridized carbons (Fsp3) is 0.0833. The number of halogens is 1. The predicted octanol–water partition coefficient (Wildman–Crippen LogP) is 3.06. The van der Waals surface area contributed by atoms with E-state index < -0.39 is 0 Å². The van der Waals surface area contributed by atoms with Gasteiger partial charge in [0.15, 0.2) is 0 Å². The molecule has 16 heavy (non-hydrogen) atoms. The molecule has 0 radical (unpaired) electrons. The summed E-state index contributed by atoms with van der Waals surface area (Å²) in [5, 5.41) is 0. The molecule has 0 N–H and O–H groups in total. The zero-order valence-electron chi connectivity index (χ0n) is 8.64. The van der Waals surface area contributed by atoms with Crippen molar-refractivity contribution in [1.29, 1.82) is 0 Å². The molecule has 0 aliphatic heterocycles. The summed E-state index contributed by atoms with van der Waals surface area (Å²) in [7, 11) is 2.08. The summed E-state index contributed by atoms with van der Waals surface area (Å²) in [6, 6.07) is 12.5. The average molecular weight is 340 g/mol. The monoisotopic (exact) mass is 340 g/mol. The van der Waals surface area contributed by atoms with Gasteiger partial charge in [-0.05, 0) is 0 Å². The van der Waals surface area contributed by atoms with Gasteiger partial charge in [0.2, 0.25) is 0 Å². The molecule has 0 bridgehead atoms. The first-order chi connectivity index (χ1) is 7.75. The second kappa shape index (κ2) is 3.88. The third-order valence-electron chi connectivity index (χ3n) is 2.58. The fourth-order valence-corrected chi connectivity index (χ4v) is 4.43. The zero-order valence-corrected chi connectivity index (χ0v) is 11.9. The van der Waals surface area contributed by atoms with E-state index in [1.54, 1.807) is 0 Å². The van der Waals surface area contributed by atoms with Crippen molar-refractivity contribution in [3.63, 3.8) is 0 Å². The molecule has 0 aliphatic carbocycles. The van der Waals surface area contributed by atoms with Crippen LogP contribution in [0, 0.1) is 0 Å². The Morgan fingerprint density at radius 1 is 1.19 bits per heavy atom. The van der Waals surface area contributed by atoms with Crippen LogP contribution in [0.2, 0.25) is 0 Å². The van der Waals surface area contributed by atoms with Crippen LogP contribution >= 0.6 is 15.9 Å². The van der Waals surface area contributed by atoms with Crippen LogP contribution in [0.4, 0.5) is 0 Å². The molecule has 0 spiro atoms. The Bertz CT molecular complexity index is 654. The molecule has 4 heteroatoms. The first-order valence-electron chi connectivity index (χ1n) is 4.93. The standard InChI is InChI=1S/C12H9BrN2Se/c1-15-9-5-3-2-4-8(9)14-12(15)10-6-7-11(13)16-10/h2-7H,1H3. The number of rotatable bonds is 1. The molecular weight excluding hydrogens is 331 g/mol. The van der Waals surface area contributed by atoms with Crippen LogP contribution < -0.4 is 0 Å². The molecule has 3 aromatic rings. The van der Waals surface area contributed by atoms with Crippen LogP contribution in [0.3, 0.4) is 0 Å². The number of hydrogen-bond donors (Lipinski definition) is 0. The van der Waals surface area contributed by atoms with Gasteiger partial charge in [0.05, 0.1) is 0 Å². The molecule has 0 saturated carbocycles. The van der Waals surface area contributed by atoms with E-state index in [4.69, 9.17) is 0 Å². The van der Waals surface area contributed by atoms with Crippen molar-refractivity contribution < 1.29 is 0 Å². The molecule has 80 valence electrons. The predicted molar refractivity (Wildman–Crippen MR) is 70.8 cm³/mol. The Balaban J connectivity index is 2.28. The molecule has 2 aromatic heterocycles. The first kappa shape index (κ1) is 10.3. The molecule has 0 atom stereocenters. The average Bonchev–Trinajstić information content (AvgIpc) is 2.84. The van der Waals surface area contributed by atoms with Crippen molar-refractivity contribution in [1.82, 2.24) is 9.55 Å². The molecule has 2 heterocycles. The third kappa shape index (κ3) is 1.58. The minimum atomic E-state index is 0.370. The van der Waals surface area contributed by atoms with Gasteiger partial charge in [-0.2, -0.15) is 0 Å². The summed E-state index contributed by atoms with van der Waals surface area (Å²) < 4.78 is 4.78. The van der Waals surface area contributed by atoms with Crippen molar-refractivity contribution in [3.8, 4) is 10.3 Å². The maximum atomic E-state index is 4.68. The van der Waals surface area contributed by atoms with Crippen LogP contribution in [0.5, 0.6) is 0 Å². The molecule has 0 aliphatic rings. The van der Waals surface area contributed by atoms with Crippen molar-refractivity contribution in [3.05, 3.63) is 39.7 Å². The topological polar surface area (TPSA) is 17.8 Å². The quantitative estimate of drug-likeness (QED) is 0.623. The summed E-state index contributed by atoms with van der Waals surface area (Å²) in [6.45, 7) is 0. The Kier molecular flexibility index (Phi) is 2.50. The van der Waals surface area contributed by atoms with Crippen molar-refractivity contribution >= 4 is 41.5 Å². The SMILES string of the molecule is Cn1c(-c2ccc(Br)[se]2)nc2ccccc21. The molecule has 2 nitrogen and oxygen atoms in total. The van der Waals surface area contributed by atoms with Gasteiger partial charge in [0.25, 0.3) is 0 Å². The zero-order chi connectivity index (χ0) is 11.1. The van der Waals surface area contributed by atoms with Crippen molar-refractivity contribution in [2.45, 2.75) is 0 Å². The van der Waals surface area contributed by atoms with Gasteiger partial charge in [-0.3, -0.25) is 0 Å². The molecule has 0 unspecified atom stereocenters. The van der Waals surface area contributed by atoms with Crippen LogP contribution in [-0.2, 0) is 7.05 Å². The van der Waals surface area contributed by atoms with Gasteiger partial charge in [-0.25, -0.2) is 0 Å².